The molecule has 0 saturated carbocycles. The molecule has 0 aliphatic carbocycles. The number of carbonyl (C=O) groups is 2. The highest BCUT2D eigenvalue weighted by Gasteiger charge is 2.58. The molecule has 1 fully saturated rings. The maximum absolute atomic E-state index is 13.3. The van der Waals surface area contributed by atoms with Crippen LogP contribution in [0.3, 0.4) is 0 Å². The summed E-state index contributed by atoms with van der Waals surface area (Å²) in [6.45, 7) is 1.95. The Kier molecular flexibility index (Phi) is 5.19. The molecule has 0 aromatic heterocycles. The van der Waals surface area contributed by atoms with Crippen LogP contribution in [0.25, 0.3) is 0 Å². The van der Waals surface area contributed by atoms with E-state index in [0.717, 1.165) is 5.56 Å². The van der Waals surface area contributed by atoms with E-state index in [1.807, 2.05) is 37.3 Å². The Bertz CT molecular complexity index is 820. The number of nitrogens with zero attached hydrogens (tertiary/aromatic N) is 1. The van der Waals surface area contributed by atoms with Gasteiger partial charge in [-0.15, -0.1) is 0 Å². The molecule has 0 radical (unpaired) electrons. The van der Waals surface area contributed by atoms with E-state index in [1.165, 1.54) is 19.1 Å². The van der Waals surface area contributed by atoms with Crippen LogP contribution in [0.1, 0.15) is 24.1 Å². The van der Waals surface area contributed by atoms with Crippen molar-refractivity contribution in [2.45, 2.75) is 18.6 Å². The lowest BCUT2D eigenvalue weighted by Crippen LogP contribution is -2.43. The van der Waals surface area contributed by atoms with E-state index in [4.69, 9.17) is 9.47 Å². The van der Waals surface area contributed by atoms with Gasteiger partial charge in [-0.25, -0.2) is 0 Å². The summed E-state index contributed by atoms with van der Waals surface area (Å²) in [5, 5.41) is 11.4. The molecule has 0 unspecified atom stereocenters. The number of benzene rings is 2. The van der Waals surface area contributed by atoms with Crippen LogP contribution in [0.5, 0.6) is 5.75 Å². The fraction of sp³-hybridized carbons (Fsp3) is 0.333. The molecule has 27 heavy (non-hydrogen) atoms. The second kappa shape index (κ2) is 7.40. The van der Waals surface area contributed by atoms with Crippen molar-refractivity contribution in [3.63, 3.8) is 0 Å². The number of aliphatic hydroxyl groups is 1. The number of hydrogen-bond donors (Lipinski definition) is 1. The van der Waals surface area contributed by atoms with E-state index in [1.54, 1.807) is 24.3 Å². The Morgan fingerprint density at radius 2 is 1.78 bits per heavy atom. The van der Waals surface area contributed by atoms with Crippen LogP contribution in [0.15, 0.2) is 54.6 Å². The van der Waals surface area contributed by atoms with E-state index >= 15 is 0 Å². The summed E-state index contributed by atoms with van der Waals surface area (Å²) >= 11 is 0. The predicted molar refractivity (Wildman–Crippen MR) is 99.0 cm³/mol. The molecule has 1 amide bonds. The van der Waals surface area contributed by atoms with Crippen molar-refractivity contribution in [3.05, 3.63) is 65.7 Å². The average Bonchev–Trinajstić information content (AvgIpc) is 2.99. The molecular formula is C21H23NO5. The number of carbonyl (C=O) groups excluding carboxylic acids is 2. The summed E-state index contributed by atoms with van der Waals surface area (Å²) in [6, 6.07) is 15.7. The fourth-order valence-electron chi connectivity index (χ4n) is 3.58. The van der Waals surface area contributed by atoms with Gasteiger partial charge in [-0.3, -0.25) is 9.59 Å². The van der Waals surface area contributed by atoms with Crippen LogP contribution in [0.2, 0.25) is 0 Å². The number of likely N-dealkylation sites (tertiary alicyclic amines) is 1. The van der Waals surface area contributed by atoms with Crippen molar-refractivity contribution in [3.8, 4) is 5.75 Å². The highest BCUT2D eigenvalue weighted by molar-refractivity contribution is 5.95. The van der Waals surface area contributed by atoms with Gasteiger partial charge in [0.2, 0.25) is 0 Å². The minimum Gasteiger partial charge on any atom is -0.497 e. The first-order valence-corrected chi connectivity index (χ1v) is 8.74. The zero-order valence-electron chi connectivity index (χ0n) is 15.6. The number of hydrogen-bond acceptors (Lipinski definition) is 5. The van der Waals surface area contributed by atoms with Gasteiger partial charge in [0, 0.05) is 6.54 Å². The average molecular weight is 369 g/mol. The number of esters is 1. The van der Waals surface area contributed by atoms with Gasteiger partial charge in [0.15, 0.2) is 5.60 Å². The van der Waals surface area contributed by atoms with Crippen molar-refractivity contribution in [1.29, 1.82) is 0 Å². The molecule has 2 aromatic rings. The van der Waals surface area contributed by atoms with Crippen molar-refractivity contribution in [1.82, 2.24) is 4.90 Å². The lowest BCUT2D eigenvalue weighted by atomic mass is 9.83. The molecule has 1 aliphatic heterocycles. The molecule has 0 bridgehead atoms. The van der Waals surface area contributed by atoms with Crippen LogP contribution in [0, 0.1) is 5.92 Å². The molecule has 3 atom stereocenters. The summed E-state index contributed by atoms with van der Waals surface area (Å²) in [4.78, 5) is 27.2. The Morgan fingerprint density at radius 3 is 2.33 bits per heavy atom. The second-order valence-corrected chi connectivity index (χ2v) is 6.61. The topological polar surface area (TPSA) is 76.1 Å². The standard InChI is InChI=1S/C21H23NO5/c1-14(15-7-5-4-6-8-15)22-13-18(19(23)27-3)21(25,20(22)24)16-9-11-17(26-2)12-10-16/h4-12,14,18,25H,13H2,1-3H3/t14-,18+,21+/m1/s1. The molecule has 1 heterocycles. The van der Waals surface area contributed by atoms with Gasteiger partial charge in [-0.2, -0.15) is 0 Å². The summed E-state index contributed by atoms with van der Waals surface area (Å²) in [6.07, 6.45) is 0. The molecule has 2 aromatic carbocycles. The minimum absolute atomic E-state index is 0.0735. The van der Waals surface area contributed by atoms with Crippen LogP contribution in [-0.4, -0.2) is 42.6 Å². The van der Waals surface area contributed by atoms with Crippen LogP contribution >= 0.6 is 0 Å². The molecule has 142 valence electrons. The van der Waals surface area contributed by atoms with Crippen LogP contribution < -0.4 is 4.74 Å². The molecule has 6 nitrogen and oxygen atoms in total. The Labute approximate surface area is 158 Å². The number of amides is 1. The van der Waals surface area contributed by atoms with Gasteiger partial charge in [0.05, 0.1) is 20.3 Å². The third-order valence-corrected chi connectivity index (χ3v) is 5.24. The van der Waals surface area contributed by atoms with E-state index < -0.39 is 23.4 Å². The third kappa shape index (κ3) is 3.17. The summed E-state index contributed by atoms with van der Waals surface area (Å²) in [5.74, 6) is -1.56. The highest BCUT2D eigenvalue weighted by Crippen LogP contribution is 2.42. The molecule has 1 N–H and O–H groups in total. The molecule has 3 rings (SSSR count). The lowest BCUT2D eigenvalue weighted by Gasteiger charge is -2.28. The Balaban J connectivity index is 2.02. The van der Waals surface area contributed by atoms with Crippen LogP contribution in [-0.2, 0) is 19.9 Å². The number of rotatable bonds is 5. The maximum atomic E-state index is 13.3. The monoisotopic (exact) mass is 369 g/mol. The minimum atomic E-state index is -1.98. The van der Waals surface area contributed by atoms with E-state index in [2.05, 4.69) is 0 Å². The quantitative estimate of drug-likeness (QED) is 0.819. The van der Waals surface area contributed by atoms with E-state index in [-0.39, 0.29) is 12.6 Å². The lowest BCUT2D eigenvalue weighted by molar-refractivity contribution is -0.160. The SMILES string of the molecule is COC(=O)[C@@H]1CN([C@H](C)c2ccccc2)C(=O)[C@]1(O)c1ccc(OC)cc1. The van der Waals surface area contributed by atoms with Crippen molar-refractivity contribution in [2.75, 3.05) is 20.8 Å². The van der Waals surface area contributed by atoms with Gasteiger partial charge in [0.1, 0.15) is 11.7 Å². The van der Waals surface area contributed by atoms with Crippen molar-refractivity contribution < 1.29 is 24.2 Å². The third-order valence-electron chi connectivity index (χ3n) is 5.24. The highest BCUT2D eigenvalue weighted by atomic mass is 16.5. The predicted octanol–water partition coefficient (Wildman–Crippen LogP) is 2.28. The molecule has 0 spiro atoms. The number of ether oxygens (including phenoxy) is 2. The van der Waals surface area contributed by atoms with Crippen molar-refractivity contribution >= 4 is 11.9 Å². The summed E-state index contributed by atoms with van der Waals surface area (Å²) in [7, 11) is 2.79. The first-order chi connectivity index (χ1) is 12.9. The summed E-state index contributed by atoms with van der Waals surface area (Å²) in [5.41, 5.74) is -0.720. The Hall–Kier alpha value is -2.86. The van der Waals surface area contributed by atoms with Gasteiger partial charge in [0.25, 0.3) is 5.91 Å². The van der Waals surface area contributed by atoms with E-state index in [0.29, 0.717) is 11.3 Å². The first-order valence-electron chi connectivity index (χ1n) is 8.74. The zero-order chi connectivity index (χ0) is 19.6. The normalized spacial score (nSPS) is 23.2. The van der Waals surface area contributed by atoms with Crippen LogP contribution in [0.4, 0.5) is 0 Å². The first kappa shape index (κ1) is 18.9. The maximum Gasteiger partial charge on any atom is 0.314 e. The summed E-state index contributed by atoms with van der Waals surface area (Å²) < 4.78 is 10.0. The van der Waals surface area contributed by atoms with Gasteiger partial charge in [-0.1, -0.05) is 42.5 Å². The molecular weight excluding hydrogens is 346 g/mol. The van der Waals surface area contributed by atoms with Crippen molar-refractivity contribution in [2.24, 2.45) is 5.92 Å². The molecule has 6 heteroatoms. The fourth-order valence-corrected chi connectivity index (χ4v) is 3.58. The van der Waals surface area contributed by atoms with Gasteiger partial charge >= 0.3 is 5.97 Å². The van der Waals surface area contributed by atoms with Gasteiger partial charge < -0.3 is 19.5 Å². The van der Waals surface area contributed by atoms with E-state index in [9.17, 15) is 14.7 Å². The smallest absolute Gasteiger partial charge is 0.314 e. The molecule has 1 saturated heterocycles. The second-order valence-electron chi connectivity index (χ2n) is 6.61. The largest absolute Gasteiger partial charge is 0.497 e. The zero-order valence-corrected chi connectivity index (χ0v) is 15.6. The number of methoxy groups -OCH3 is 2. The molecule has 1 aliphatic rings. The van der Waals surface area contributed by atoms with Gasteiger partial charge in [-0.05, 0) is 30.2 Å². The Morgan fingerprint density at radius 1 is 1.15 bits per heavy atom.